The molecule has 1 aliphatic carbocycles. The smallest absolute Gasteiger partial charge is 0.135 e. The zero-order valence-electron chi connectivity index (χ0n) is 34.4. The van der Waals surface area contributed by atoms with Crippen molar-refractivity contribution in [2.45, 2.75) is 26.2 Å². The van der Waals surface area contributed by atoms with Crippen LogP contribution in [0.5, 0.6) is 0 Å². The number of para-hydroxylation sites is 3. The quantitative estimate of drug-likeness (QED) is 0.168. The van der Waals surface area contributed by atoms with Crippen LogP contribution < -0.4 is 4.90 Å². The van der Waals surface area contributed by atoms with Gasteiger partial charge < -0.3 is 13.9 Å². The standard InChI is InChI=1S/C58H42N2O/c1-37-17-24-43(25-18-37)59(44-26-19-38(20-27-44)39-23-32-57-51(34-39)49-14-8-10-16-56(49)61-57)45-28-30-47-46-29-21-41(35-52(46)58(2,3)53(47)36-45)40-22-31-55-50(33-40)48-13-7-9-15-54(48)60(55)42-11-5-4-6-12-42/h4-36H,1-3H3. The zero-order chi connectivity index (χ0) is 40.8. The first kappa shape index (κ1) is 35.3. The number of nitrogens with zero attached hydrogens (tertiary/aromatic N) is 2. The molecule has 3 nitrogen and oxygen atoms in total. The highest BCUT2D eigenvalue weighted by molar-refractivity contribution is 6.10. The van der Waals surface area contributed by atoms with Crippen LogP contribution in [-0.4, -0.2) is 4.57 Å². The minimum Gasteiger partial charge on any atom is -0.456 e. The Balaban J connectivity index is 0.913. The van der Waals surface area contributed by atoms with E-state index in [0.717, 1.165) is 39.0 Å². The number of aryl methyl sites for hydroxylation is 1. The molecular formula is C58H42N2O. The molecule has 0 bridgehead atoms. The van der Waals surface area contributed by atoms with E-state index in [9.17, 15) is 0 Å². The molecule has 9 aromatic carbocycles. The summed E-state index contributed by atoms with van der Waals surface area (Å²) in [4.78, 5) is 2.39. The Labute approximate surface area is 355 Å². The predicted molar refractivity (Wildman–Crippen MR) is 256 cm³/mol. The second-order valence-corrected chi connectivity index (χ2v) is 17.1. The Bertz CT molecular complexity index is 3500. The number of fused-ring (bicyclic) bond motifs is 9. The van der Waals surface area contributed by atoms with Crippen molar-refractivity contribution in [1.29, 1.82) is 0 Å². The van der Waals surface area contributed by atoms with Crippen molar-refractivity contribution in [3.63, 3.8) is 0 Å². The van der Waals surface area contributed by atoms with Gasteiger partial charge in [-0.3, -0.25) is 0 Å². The van der Waals surface area contributed by atoms with Crippen LogP contribution in [0.15, 0.2) is 205 Å². The average molecular weight is 783 g/mol. The molecule has 0 N–H and O–H groups in total. The third-order valence-corrected chi connectivity index (χ3v) is 13.1. The maximum Gasteiger partial charge on any atom is 0.135 e. The first-order valence-electron chi connectivity index (χ1n) is 21.2. The molecule has 0 aliphatic heterocycles. The van der Waals surface area contributed by atoms with Crippen molar-refractivity contribution in [3.05, 3.63) is 217 Å². The lowest BCUT2D eigenvalue weighted by molar-refractivity contribution is 0.660. The van der Waals surface area contributed by atoms with Crippen LogP contribution >= 0.6 is 0 Å². The van der Waals surface area contributed by atoms with E-state index in [0.29, 0.717) is 0 Å². The van der Waals surface area contributed by atoms with Gasteiger partial charge in [0.1, 0.15) is 11.2 Å². The van der Waals surface area contributed by atoms with E-state index < -0.39 is 0 Å². The van der Waals surface area contributed by atoms with Crippen molar-refractivity contribution in [3.8, 4) is 39.1 Å². The van der Waals surface area contributed by atoms with Crippen LogP contribution in [-0.2, 0) is 5.41 Å². The summed E-state index contributed by atoms with van der Waals surface area (Å²) in [6.07, 6.45) is 0. The molecule has 61 heavy (non-hydrogen) atoms. The van der Waals surface area contributed by atoms with Gasteiger partial charge in [-0.2, -0.15) is 0 Å². The number of furan rings is 1. The van der Waals surface area contributed by atoms with E-state index in [1.54, 1.807) is 0 Å². The van der Waals surface area contributed by atoms with Gasteiger partial charge in [0.05, 0.1) is 11.0 Å². The van der Waals surface area contributed by atoms with Gasteiger partial charge in [-0.05, 0) is 142 Å². The zero-order valence-corrected chi connectivity index (χ0v) is 34.4. The monoisotopic (exact) mass is 782 g/mol. The average Bonchev–Trinajstić information content (AvgIpc) is 3.92. The molecule has 0 unspecified atom stereocenters. The lowest BCUT2D eigenvalue weighted by atomic mass is 9.81. The van der Waals surface area contributed by atoms with Gasteiger partial charge in [0.2, 0.25) is 0 Å². The Morgan fingerprint density at radius 2 is 0.951 bits per heavy atom. The topological polar surface area (TPSA) is 21.3 Å². The van der Waals surface area contributed by atoms with E-state index in [4.69, 9.17) is 4.42 Å². The lowest BCUT2D eigenvalue weighted by Gasteiger charge is -2.28. The van der Waals surface area contributed by atoms with Crippen molar-refractivity contribution in [1.82, 2.24) is 4.57 Å². The Kier molecular flexibility index (Phi) is 7.79. The van der Waals surface area contributed by atoms with Crippen LogP contribution in [0.25, 0.3) is 82.8 Å². The number of anilines is 3. The van der Waals surface area contributed by atoms with Crippen LogP contribution in [0, 0.1) is 6.92 Å². The van der Waals surface area contributed by atoms with Gasteiger partial charge >= 0.3 is 0 Å². The molecule has 3 heteroatoms. The fourth-order valence-electron chi connectivity index (χ4n) is 9.90. The lowest BCUT2D eigenvalue weighted by Crippen LogP contribution is -2.16. The largest absolute Gasteiger partial charge is 0.456 e. The van der Waals surface area contributed by atoms with Crippen molar-refractivity contribution in [2.75, 3.05) is 4.90 Å². The van der Waals surface area contributed by atoms with E-state index in [2.05, 4.69) is 218 Å². The van der Waals surface area contributed by atoms with Gasteiger partial charge in [-0.1, -0.05) is 129 Å². The summed E-state index contributed by atoms with van der Waals surface area (Å²) in [5, 5.41) is 4.81. The molecular weight excluding hydrogens is 741 g/mol. The Morgan fingerprint density at radius 1 is 0.410 bits per heavy atom. The van der Waals surface area contributed by atoms with Gasteiger partial charge in [0.25, 0.3) is 0 Å². The highest BCUT2D eigenvalue weighted by Crippen LogP contribution is 2.52. The molecule has 2 heterocycles. The molecule has 0 saturated carbocycles. The fraction of sp³-hybridized carbons (Fsp3) is 0.0690. The summed E-state index contributed by atoms with van der Waals surface area (Å²) >= 11 is 0. The van der Waals surface area contributed by atoms with Crippen molar-refractivity contribution >= 4 is 60.8 Å². The first-order chi connectivity index (χ1) is 29.9. The minimum atomic E-state index is -0.206. The summed E-state index contributed by atoms with van der Waals surface area (Å²) in [6.45, 7) is 6.91. The van der Waals surface area contributed by atoms with E-state index in [1.807, 2.05) is 12.1 Å². The van der Waals surface area contributed by atoms with Crippen molar-refractivity contribution in [2.24, 2.45) is 0 Å². The fourth-order valence-corrected chi connectivity index (χ4v) is 9.90. The second kappa shape index (κ2) is 13.5. The molecule has 1 aliphatic rings. The van der Waals surface area contributed by atoms with Gasteiger partial charge in [-0.15, -0.1) is 0 Å². The maximum absolute atomic E-state index is 6.13. The molecule has 12 rings (SSSR count). The van der Waals surface area contributed by atoms with Crippen LogP contribution in [0.2, 0.25) is 0 Å². The summed E-state index contributed by atoms with van der Waals surface area (Å²) in [7, 11) is 0. The number of rotatable bonds is 6. The van der Waals surface area contributed by atoms with Gasteiger partial charge in [0, 0.05) is 49.7 Å². The molecule has 0 fully saturated rings. The third-order valence-electron chi connectivity index (χ3n) is 13.1. The number of hydrogen-bond acceptors (Lipinski definition) is 2. The van der Waals surface area contributed by atoms with Crippen molar-refractivity contribution < 1.29 is 4.42 Å². The summed E-state index contributed by atoms with van der Waals surface area (Å²) in [5.41, 5.74) is 20.0. The molecule has 0 radical (unpaired) electrons. The van der Waals surface area contributed by atoms with Gasteiger partial charge in [-0.25, -0.2) is 0 Å². The number of hydrogen-bond donors (Lipinski definition) is 0. The molecule has 0 atom stereocenters. The summed E-state index contributed by atoms with van der Waals surface area (Å²) in [5.74, 6) is 0. The third kappa shape index (κ3) is 5.58. The molecule has 290 valence electrons. The molecule has 0 spiro atoms. The highest BCUT2D eigenvalue weighted by atomic mass is 16.3. The van der Waals surface area contributed by atoms with Crippen LogP contribution in [0.4, 0.5) is 17.1 Å². The number of benzene rings is 9. The van der Waals surface area contributed by atoms with E-state index in [1.165, 1.54) is 77.6 Å². The highest BCUT2D eigenvalue weighted by Gasteiger charge is 2.36. The first-order valence-corrected chi connectivity index (χ1v) is 21.2. The number of aromatic nitrogens is 1. The Morgan fingerprint density at radius 3 is 1.75 bits per heavy atom. The molecule has 0 amide bonds. The minimum absolute atomic E-state index is 0.206. The summed E-state index contributed by atoms with van der Waals surface area (Å²) in [6, 6.07) is 73.2. The Hall–Kier alpha value is -7.62. The SMILES string of the molecule is Cc1ccc(N(c2ccc(-c3ccc4oc5ccccc5c4c3)cc2)c2ccc3c(c2)C(C)(C)c2cc(-c4ccc5c(c4)c4ccccc4n5-c4ccccc4)ccc2-3)cc1. The molecule has 2 aromatic heterocycles. The van der Waals surface area contributed by atoms with Gasteiger partial charge in [0.15, 0.2) is 0 Å². The normalized spacial score (nSPS) is 13.0. The van der Waals surface area contributed by atoms with Crippen LogP contribution in [0.3, 0.4) is 0 Å². The summed E-state index contributed by atoms with van der Waals surface area (Å²) < 4.78 is 8.51. The van der Waals surface area contributed by atoms with Crippen LogP contribution in [0.1, 0.15) is 30.5 Å². The maximum atomic E-state index is 6.13. The predicted octanol–water partition coefficient (Wildman–Crippen LogP) is 16.1. The van der Waals surface area contributed by atoms with E-state index in [-0.39, 0.29) is 5.41 Å². The second-order valence-electron chi connectivity index (χ2n) is 17.1. The van der Waals surface area contributed by atoms with E-state index >= 15 is 0 Å². The molecule has 0 saturated heterocycles. The molecule has 11 aromatic rings.